The van der Waals surface area contributed by atoms with Gasteiger partial charge in [-0.1, -0.05) is 23.7 Å². The lowest BCUT2D eigenvalue weighted by Crippen LogP contribution is -2.08. The van der Waals surface area contributed by atoms with Gasteiger partial charge in [-0.2, -0.15) is 0 Å². The number of anilines is 1. The molecule has 0 bridgehead atoms. The normalized spacial score (nSPS) is 12.1. The van der Waals surface area contributed by atoms with Crippen LogP contribution in [0.15, 0.2) is 36.4 Å². The number of methoxy groups -OCH3 is 1. The van der Waals surface area contributed by atoms with E-state index in [1.54, 1.807) is 12.1 Å². The van der Waals surface area contributed by atoms with Gasteiger partial charge in [0.15, 0.2) is 11.6 Å². The Bertz CT molecular complexity index is 615. The Morgan fingerprint density at radius 1 is 1.20 bits per heavy atom. The molecule has 2 aromatic rings. The first-order chi connectivity index (χ1) is 9.51. The summed E-state index contributed by atoms with van der Waals surface area (Å²) in [6, 6.07) is 10.6. The molecule has 2 nitrogen and oxygen atoms in total. The van der Waals surface area contributed by atoms with Gasteiger partial charge in [-0.15, -0.1) is 0 Å². The van der Waals surface area contributed by atoms with E-state index in [-0.39, 0.29) is 17.6 Å². The molecule has 4 heteroatoms. The van der Waals surface area contributed by atoms with Crippen LogP contribution in [0.2, 0.25) is 5.02 Å². The molecule has 1 atom stereocenters. The average Bonchev–Trinajstić information content (AvgIpc) is 2.43. The summed E-state index contributed by atoms with van der Waals surface area (Å²) in [6.45, 7) is 4.02. The lowest BCUT2D eigenvalue weighted by Gasteiger charge is -2.18. The van der Waals surface area contributed by atoms with Gasteiger partial charge in [-0.05, 0) is 49.2 Å². The lowest BCUT2D eigenvalue weighted by molar-refractivity contribution is 0.385. The number of nitrogens with one attached hydrogen (secondary N) is 1. The minimum absolute atomic E-state index is 0.0154. The third-order valence-electron chi connectivity index (χ3n) is 3.25. The molecule has 0 aromatic heterocycles. The second-order valence-corrected chi connectivity index (χ2v) is 5.16. The Hall–Kier alpha value is -1.74. The second kappa shape index (κ2) is 6.14. The summed E-state index contributed by atoms with van der Waals surface area (Å²) in [5, 5.41) is 4.06. The Morgan fingerprint density at radius 2 is 1.95 bits per heavy atom. The van der Waals surface area contributed by atoms with Gasteiger partial charge in [0.05, 0.1) is 7.11 Å². The smallest absolute Gasteiger partial charge is 0.165 e. The highest BCUT2D eigenvalue weighted by atomic mass is 35.5. The molecule has 2 aromatic carbocycles. The molecule has 0 amide bonds. The first-order valence-corrected chi connectivity index (χ1v) is 6.75. The minimum Gasteiger partial charge on any atom is -0.494 e. The molecular formula is C16H17ClFNO. The van der Waals surface area contributed by atoms with E-state index in [1.165, 1.54) is 13.2 Å². The highest BCUT2D eigenvalue weighted by molar-refractivity contribution is 6.30. The highest BCUT2D eigenvalue weighted by Crippen LogP contribution is 2.27. The maximum absolute atomic E-state index is 13.4. The van der Waals surface area contributed by atoms with Crippen molar-refractivity contribution in [1.29, 1.82) is 0 Å². The summed E-state index contributed by atoms with van der Waals surface area (Å²) in [5.41, 5.74) is 3.02. The van der Waals surface area contributed by atoms with Crippen LogP contribution >= 0.6 is 11.6 Å². The first-order valence-electron chi connectivity index (χ1n) is 6.37. The SMILES string of the molecule is COc1cc(C(C)Nc2cc(Cl)ccc2C)ccc1F. The molecule has 0 radical (unpaired) electrons. The monoisotopic (exact) mass is 293 g/mol. The Labute approximate surface area is 123 Å². The van der Waals surface area contributed by atoms with Crippen LogP contribution in [0.25, 0.3) is 0 Å². The third kappa shape index (κ3) is 3.23. The minimum atomic E-state index is -0.359. The van der Waals surface area contributed by atoms with E-state index in [4.69, 9.17) is 16.3 Å². The van der Waals surface area contributed by atoms with Crippen molar-refractivity contribution >= 4 is 17.3 Å². The molecule has 20 heavy (non-hydrogen) atoms. The molecule has 0 heterocycles. The van der Waals surface area contributed by atoms with Crippen molar-refractivity contribution in [3.05, 3.63) is 58.4 Å². The molecule has 2 rings (SSSR count). The molecule has 0 fully saturated rings. The standard InChI is InChI=1S/C16H17ClFNO/c1-10-4-6-13(17)9-15(10)19-11(2)12-5-7-14(18)16(8-12)20-3/h4-9,11,19H,1-3H3. The summed E-state index contributed by atoms with van der Waals surface area (Å²) >= 11 is 6.01. The molecular weight excluding hydrogens is 277 g/mol. The van der Waals surface area contributed by atoms with Crippen LogP contribution < -0.4 is 10.1 Å². The van der Waals surface area contributed by atoms with Crippen LogP contribution in [-0.2, 0) is 0 Å². The maximum Gasteiger partial charge on any atom is 0.165 e. The van der Waals surface area contributed by atoms with Gasteiger partial charge in [0.1, 0.15) is 0 Å². The fraction of sp³-hybridized carbons (Fsp3) is 0.250. The molecule has 0 aliphatic rings. The second-order valence-electron chi connectivity index (χ2n) is 4.72. The van der Waals surface area contributed by atoms with Crippen molar-refractivity contribution in [3.8, 4) is 5.75 Å². The summed E-state index contributed by atoms with van der Waals surface area (Å²) < 4.78 is 18.4. The zero-order chi connectivity index (χ0) is 14.7. The van der Waals surface area contributed by atoms with Crippen molar-refractivity contribution in [2.45, 2.75) is 19.9 Å². The van der Waals surface area contributed by atoms with Crippen molar-refractivity contribution in [2.75, 3.05) is 12.4 Å². The fourth-order valence-electron chi connectivity index (χ4n) is 2.01. The number of benzene rings is 2. The van der Waals surface area contributed by atoms with E-state index >= 15 is 0 Å². The van der Waals surface area contributed by atoms with Crippen molar-refractivity contribution in [3.63, 3.8) is 0 Å². The highest BCUT2D eigenvalue weighted by Gasteiger charge is 2.11. The van der Waals surface area contributed by atoms with Crippen molar-refractivity contribution < 1.29 is 9.13 Å². The van der Waals surface area contributed by atoms with Crippen molar-refractivity contribution in [2.24, 2.45) is 0 Å². The molecule has 0 spiro atoms. The van der Waals surface area contributed by atoms with E-state index in [0.29, 0.717) is 5.02 Å². The van der Waals surface area contributed by atoms with Crippen LogP contribution in [0.1, 0.15) is 24.1 Å². The number of aryl methyl sites for hydroxylation is 1. The first kappa shape index (κ1) is 14.7. The number of hydrogen-bond acceptors (Lipinski definition) is 2. The molecule has 0 saturated carbocycles. The van der Waals surface area contributed by atoms with Gasteiger partial charge < -0.3 is 10.1 Å². The van der Waals surface area contributed by atoms with Gasteiger partial charge in [-0.25, -0.2) is 4.39 Å². The molecule has 0 aliphatic heterocycles. The van der Waals surface area contributed by atoms with Gasteiger partial charge >= 0.3 is 0 Å². The zero-order valence-corrected chi connectivity index (χ0v) is 12.5. The number of hydrogen-bond donors (Lipinski definition) is 1. The molecule has 0 aliphatic carbocycles. The molecule has 106 valence electrons. The van der Waals surface area contributed by atoms with Crippen LogP contribution in [0.5, 0.6) is 5.75 Å². The van der Waals surface area contributed by atoms with Gasteiger partial charge in [-0.3, -0.25) is 0 Å². The van der Waals surface area contributed by atoms with E-state index in [0.717, 1.165) is 16.8 Å². The van der Waals surface area contributed by atoms with Crippen LogP contribution in [-0.4, -0.2) is 7.11 Å². The van der Waals surface area contributed by atoms with Crippen LogP contribution in [0.4, 0.5) is 10.1 Å². The van der Waals surface area contributed by atoms with Crippen LogP contribution in [0, 0.1) is 12.7 Å². The van der Waals surface area contributed by atoms with Gasteiger partial charge in [0.25, 0.3) is 0 Å². The lowest BCUT2D eigenvalue weighted by atomic mass is 10.1. The topological polar surface area (TPSA) is 21.3 Å². The zero-order valence-electron chi connectivity index (χ0n) is 11.7. The Balaban J connectivity index is 2.23. The largest absolute Gasteiger partial charge is 0.494 e. The van der Waals surface area contributed by atoms with E-state index < -0.39 is 0 Å². The van der Waals surface area contributed by atoms with E-state index in [2.05, 4.69) is 5.32 Å². The Morgan fingerprint density at radius 3 is 2.65 bits per heavy atom. The average molecular weight is 294 g/mol. The summed E-state index contributed by atoms with van der Waals surface area (Å²) in [4.78, 5) is 0. The maximum atomic E-state index is 13.4. The molecule has 1 unspecified atom stereocenters. The fourth-order valence-corrected chi connectivity index (χ4v) is 2.18. The van der Waals surface area contributed by atoms with E-state index in [9.17, 15) is 4.39 Å². The Kier molecular flexibility index (Phi) is 4.50. The molecule has 1 N–H and O–H groups in total. The van der Waals surface area contributed by atoms with Crippen molar-refractivity contribution in [1.82, 2.24) is 0 Å². The van der Waals surface area contributed by atoms with Crippen LogP contribution in [0.3, 0.4) is 0 Å². The quantitative estimate of drug-likeness (QED) is 0.859. The third-order valence-corrected chi connectivity index (χ3v) is 3.48. The van der Waals surface area contributed by atoms with Gasteiger partial charge in [0, 0.05) is 16.8 Å². The number of rotatable bonds is 4. The predicted molar refractivity (Wildman–Crippen MR) is 81.2 cm³/mol. The number of ether oxygens (including phenoxy) is 1. The summed E-state index contributed by atoms with van der Waals surface area (Å²) in [5.74, 6) is -0.110. The predicted octanol–water partition coefficient (Wildman–Crippen LogP) is 4.97. The molecule has 0 saturated heterocycles. The summed E-state index contributed by atoms with van der Waals surface area (Å²) in [6.07, 6.45) is 0. The van der Waals surface area contributed by atoms with E-state index in [1.807, 2.05) is 32.0 Å². The number of halogens is 2. The van der Waals surface area contributed by atoms with Gasteiger partial charge in [0.2, 0.25) is 0 Å². The summed E-state index contributed by atoms with van der Waals surface area (Å²) in [7, 11) is 1.46.